The van der Waals surface area contributed by atoms with Gasteiger partial charge in [0.05, 0.1) is 6.54 Å². The van der Waals surface area contributed by atoms with Crippen LogP contribution in [0.15, 0.2) is 0 Å². The Kier molecular flexibility index (Phi) is 3.95. The van der Waals surface area contributed by atoms with Crippen molar-refractivity contribution < 1.29 is 13.6 Å². The molecular weight excluding hydrogens is 304 g/mol. The molecule has 0 aliphatic carbocycles. The predicted molar refractivity (Wildman–Crippen MR) is 81.8 cm³/mol. The normalized spacial score (nSPS) is 23.6. The highest BCUT2D eigenvalue weighted by molar-refractivity contribution is 5.91. The maximum atomic E-state index is 13.3. The second kappa shape index (κ2) is 5.67. The summed E-state index contributed by atoms with van der Waals surface area (Å²) < 4.78 is 26.7. The molecule has 0 bridgehead atoms. The van der Waals surface area contributed by atoms with Crippen LogP contribution in [0.4, 0.5) is 14.6 Å². The van der Waals surface area contributed by atoms with Crippen molar-refractivity contribution in [2.75, 3.05) is 31.1 Å². The average molecular weight is 325 g/mol. The zero-order valence-corrected chi connectivity index (χ0v) is 13.4. The van der Waals surface area contributed by atoms with Crippen LogP contribution in [0.5, 0.6) is 0 Å². The summed E-state index contributed by atoms with van der Waals surface area (Å²) in [5.74, 6) is -2.68. The quantitative estimate of drug-likeness (QED) is 0.882. The number of hydrogen-bond acceptors (Lipinski definition) is 5. The molecule has 23 heavy (non-hydrogen) atoms. The van der Waals surface area contributed by atoms with Crippen LogP contribution < -0.4 is 10.6 Å². The highest BCUT2D eigenvalue weighted by atomic mass is 19.3. The van der Waals surface area contributed by atoms with Crippen molar-refractivity contribution in [1.82, 2.24) is 14.9 Å². The van der Waals surface area contributed by atoms with Crippen LogP contribution in [0, 0.1) is 13.8 Å². The van der Waals surface area contributed by atoms with Gasteiger partial charge in [-0.2, -0.15) is 0 Å². The molecule has 126 valence electrons. The molecule has 0 saturated carbocycles. The molecule has 0 aromatic carbocycles. The number of alkyl halides is 2. The highest BCUT2D eigenvalue weighted by Crippen LogP contribution is 2.28. The van der Waals surface area contributed by atoms with E-state index in [0.29, 0.717) is 18.1 Å². The molecule has 2 fully saturated rings. The van der Waals surface area contributed by atoms with Gasteiger partial charge in [-0.3, -0.25) is 4.79 Å². The van der Waals surface area contributed by atoms with Crippen LogP contribution in [0.3, 0.4) is 0 Å². The SMILES string of the molecule is Cc1nc(C(=O)N2CCC(F)(F)C2)nc(N2CC[C@@H](N)C2)c1C. The van der Waals surface area contributed by atoms with Crippen molar-refractivity contribution in [3.05, 3.63) is 17.1 Å². The minimum Gasteiger partial charge on any atom is -0.355 e. The van der Waals surface area contributed by atoms with E-state index in [9.17, 15) is 13.6 Å². The first-order valence-corrected chi connectivity index (χ1v) is 7.80. The number of carbonyl (C=O) groups is 1. The lowest BCUT2D eigenvalue weighted by atomic mass is 10.2. The molecule has 2 N–H and O–H groups in total. The number of amides is 1. The van der Waals surface area contributed by atoms with Gasteiger partial charge in [-0.15, -0.1) is 0 Å². The largest absolute Gasteiger partial charge is 0.355 e. The molecule has 3 rings (SSSR count). The van der Waals surface area contributed by atoms with Crippen LogP contribution in [0.25, 0.3) is 0 Å². The predicted octanol–water partition coefficient (Wildman–Crippen LogP) is 1.11. The Bertz CT molecular complexity index is 637. The lowest BCUT2D eigenvalue weighted by Crippen LogP contribution is -2.34. The first kappa shape index (κ1) is 16.0. The molecule has 1 aromatic rings. The van der Waals surface area contributed by atoms with Crippen LogP contribution in [0.1, 0.15) is 34.7 Å². The molecule has 2 aliphatic rings. The number of likely N-dealkylation sites (tertiary alicyclic amines) is 1. The third kappa shape index (κ3) is 3.12. The molecule has 2 aliphatic heterocycles. The van der Waals surface area contributed by atoms with E-state index in [1.54, 1.807) is 6.92 Å². The van der Waals surface area contributed by atoms with Crippen molar-refractivity contribution >= 4 is 11.7 Å². The number of nitrogens with zero attached hydrogens (tertiary/aromatic N) is 4. The van der Waals surface area contributed by atoms with Gasteiger partial charge >= 0.3 is 0 Å². The number of nitrogens with two attached hydrogens (primary N) is 1. The first-order chi connectivity index (χ1) is 10.8. The van der Waals surface area contributed by atoms with Crippen molar-refractivity contribution in [3.8, 4) is 0 Å². The number of aryl methyl sites for hydroxylation is 1. The summed E-state index contributed by atoms with van der Waals surface area (Å²) in [5.41, 5.74) is 7.51. The molecule has 0 spiro atoms. The molecule has 1 amide bonds. The second-order valence-electron chi connectivity index (χ2n) is 6.41. The van der Waals surface area contributed by atoms with Gasteiger partial charge in [-0.05, 0) is 20.3 Å². The van der Waals surface area contributed by atoms with Crippen LogP contribution in [0.2, 0.25) is 0 Å². The number of rotatable bonds is 2. The zero-order chi connectivity index (χ0) is 16.8. The number of hydrogen-bond donors (Lipinski definition) is 1. The number of halogens is 2. The average Bonchev–Trinajstić information content (AvgIpc) is 3.06. The summed E-state index contributed by atoms with van der Waals surface area (Å²) in [5, 5.41) is 0. The fourth-order valence-corrected chi connectivity index (χ4v) is 3.05. The van der Waals surface area contributed by atoms with Crippen molar-refractivity contribution in [1.29, 1.82) is 0 Å². The van der Waals surface area contributed by atoms with E-state index in [0.717, 1.165) is 23.4 Å². The monoisotopic (exact) mass is 325 g/mol. The van der Waals surface area contributed by atoms with E-state index >= 15 is 0 Å². The van der Waals surface area contributed by atoms with E-state index in [1.807, 2.05) is 11.8 Å². The van der Waals surface area contributed by atoms with Crippen molar-refractivity contribution in [2.45, 2.75) is 38.7 Å². The standard InChI is InChI=1S/C15H21F2N5O/c1-9-10(2)19-12(14(23)22-6-4-15(16,17)8-22)20-13(9)21-5-3-11(18)7-21/h11H,3-8,18H2,1-2H3/t11-/m1/s1. The van der Waals surface area contributed by atoms with Gasteiger partial charge in [0.25, 0.3) is 11.8 Å². The summed E-state index contributed by atoms with van der Waals surface area (Å²) in [4.78, 5) is 24.2. The summed E-state index contributed by atoms with van der Waals surface area (Å²) in [6.45, 7) is 4.61. The molecule has 2 saturated heterocycles. The van der Waals surface area contributed by atoms with E-state index in [2.05, 4.69) is 9.97 Å². The Hall–Kier alpha value is -1.83. The van der Waals surface area contributed by atoms with E-state index in [-0.39, 0.29) is 24.8 Å². The summed E-state index contributed by atoms with van der Waals surface area (Å²) in [6.07, 6.45) is 0.557. The molecule has 1 aromatic heterocycles. The van der Waals surface area contributed by atoms with Gasteiger partial charge in [0.1, 0.15) is 5.82 Å². The van der Waals surface area contributed by atoms with E-state index < -0.39 is 18.4 Å². The Morgan fingerprint density at radius 1 is 1.30 bits per heavy atom. The third-order valence-corrected chi connectivity index (χ3v) is 4.54. The van der Waals surface area contributed by atoms with Gasteiger partial charge in [0, 0.05) is 43.4 Å². The van der Waals surface area contributed by atoms with Crippen molar-refractivity contribution in [3.63, 3.8) is 0 Å². The van der Waals surface area contributed by atoms with Crippen LogP contribution in [-0.4, -0.2) is 58.9 Å². The Morgan fingerprint density at radius 2 is 2.04 bits per heavy atom. The smallest absolute Gasteiger partial charge is 0.291 e. The summed E-state index contributed by atoms with van der Waals surface area (Å²) in [6, 6.07) is 0.0843. The molecule has 6 nitrogen and oxygen atoms in total. The highest BCUT2D eigenvalue weighted by Gasteiger charge is 2.41. The summed E-state index contributed by atoms with van der Waals surface area (Å²) >= 11 is 0. The Morgan fingerprint density at radius 3 is 2.61 bits per heavy atom. The third-order valence-electron chi connectivity index (χ3n) is 4.54. The van der Waals surface area contributed by atoms with E-state index in [1.165, 1.54) is 0 Å². The lowest BCUT2D eigenvalue weighted by molar-refractivity contribution is 0.0118. The van der Waals surface area contributed by atoms with Gasteiger partial charge in [0.2, 0.25) is 5.82 Å². The molecular formula is C15H21F2N5O. The maximum Gasteiger partial charge on any atom is 0.291 e. The molecule has 0 unspecified atom stereocenters. The molecule has 8 heteroatoms. The number of carbonyl (C=O) groups excluding carboxylic acids is 1. The van der Waals surface area contributed by atoms with Crippen molar-refractivity contribution in [2.24, 2.45) is 5.73 Å². The van der Waals surface area contributed by atoms with Crippen LogP contribution >= 0.6 is 0 Å². The fraction of sp³-hybridized carbons (Fsp3) is 0.667. The molecule has 3 heterocycles. The van der Waals surface area contributed by atoms with Gasteiger partial charge in [-0.1, -0.05) is 0 Å². The molecule has 0 radical (unpaired) electrons. The van der Waals surface area contributed by atoms with E-state index in [4.69, 9.17) is 5.73 Å². The zero-order valence-electron chi connectivity index (χ0n) is 13.4. The van der Waals surface area contributed by atoms with Gasteiger partial charge in [0.15, 0.2) is 0 Å². The Labute approximate surface area is 133 Å². The number of aromatic nitrogens is 2. The Balaban J connectivity index is 1.88. The first-order valence-electron chi connectivity index (χ1n) is 7.80. The maximum absolute atomic E-state index is 13.3. The summed E-state index contributed by atoms with van der Waals surface area (Å²) in [7, 11) is 0. The van der Waals surface area contributed by atoms with Crippen LogP contribution in [-0.2, 0) is 0 Å². The van der Waals surface area contributed by atoms with Gasteiger partial charge < -0.3 is 15.5 Å². The minimum absolute atomic E-state index is 0.0127. The van der Waals surface area contributed by atoms with Gasteiger partial charge in [-0.25, -0.2) is 18.7 Å². The number of anilines is 1. The minimum atomic E-state index is -2.82. The lowest BCUT2D eigenvalue weighted by Gasteiger charge is -2.22. The second-order valence-corrected chi connectivity index (χ2v) is 6.41. The topological polar surface area (TPSA) is 75.4 Å². The fourth-order valence-electron chi connectivity index (χ4n) is 3.05. The molecule has 1 atom stereocenters.